The van der Waals surface area contributed by atoms with E-state index in [0.29, 0.717) is 25.2 Å². The number of carbonyl (C=O) groups is 2. The van der Waals surface area contributed by atoms with E-state index < -0.39 is 23.8 Å². The molecule has 4 N–H and O–H groups in total. The van der Waals surface area contributed by atoms with Crippen molar-refractivity contribution in [1.29, 1.82) is 5.26 Å². The van der Waals surface area contributed by atoms with Gasteiger partial charge in [-0.3, -0.25) is 18.7 Å². The van der Waals surface area contributed by atoms with E-state index in [4.69, 9.17) is 22.6 Å². The lowest BCUT2D eigenvalue weighted by atomic mass is 10.1. The Hall–Kier alpha value is -4.68. The Labute approximate surface area is 241 Å². The molecule has 1 aliphatic rings. The van der Waals surface area contributed by atoms with Crippen LogP contribution < -0.4 is 16.4 Å². The van der Waals surface area contributed by atoms with Crippen molar-refractivity contribution in [1.82, 2.24) is 34.4 Å². The number of halogens is 4. The number of benzene rings is 1. The van der Waals surface area contributed by atoms with Crippen LogP contribution >= 0.6 is 11.6 Å². The van der Waals surface area contributed by atoms with Crippen molar-refractivity contribution in [3.63, 3.8) is 0 Å². The predicted octanol–water partition coefficient (Wildman–Crippen LogP) is 3.21. The van der Waals surface area contributed by atoms with Gasteiger partial charge in [0.05, 0.1) is 34.1 Å². The molecule has 1 aromatic carbocycles. The maximum absolute atomic E-state index is 13.7. The van der Waals surface area contributed by atoms with E-state index >= 15 is 0 Å². The first-order valence-corrected chi connectivity index (χ1v) is 13.1. The third kappa shape index (κ3) is 5.71. The third-order valence-electron chi connectivity index (χ3n) is 6.70. The van der Waals surface area contributed by atoms with Crippen molar-refractivity contribution in [2.75, 3.05) is 18.4 Å². The van der Waals surface area contributed by atoms with Crippen molar-refractivity contribution >= 4 is 40.6 Å². The number of fused-ring (bicyclic) bond motifs is 1. The van der Waals surface area contributed by atoms with Gasteiger partial charge in [-0.25, -0.2) is 9.97 Å². The van der Waals surface area contributed by atoms with Gasteiger partial charge in [0.2, 0.25) is 5.91 Å². The van der Waals surface area contributed by atoms with Gasteiger partial charge in [0.25, 0.3) is 5.91 Å². The molecule has 0 aliphatic carbocycles. The molecule has 4 heterocycles. The zero-order valence-electron chi connectivity index (χ0n) is 22.1. The van der Waals surface area contributed by atoms with Crippen LogP contribution in [-0.4, -0.2) is 66.0 Å². The molecule has 12 nitrogen and oxygen atoms in total. The highest BCUT2D eigenvalue weighted by Gasteiger charge is 2.38. The van der Waals surface area contributed by atoms with Crippen LogP contribution in [0.25, 0.3) is 16.9 Å². The number of likely N-dealkylation sites (tertiary alicyclic amines) is 1. The number of hydrogen-bond donors (Lipinski definition) is 3. The molecular formula is C26H24ClF3N10O2. The van der Waals surface area contributed by atoms with Gasteiger partial charge in [0.15, 0.2) is 17.2 Å². The minimum atomic E-state index is -4.76. The summed E-state index contributed by atoms with van der Waals surface area (Å²) in [6.07, 6.45) is 1.17. The molecule has 1 saturated heterocycles. The molecule has 42 heavy (non-hydrogen) atoms. The second-order valence-corrected chi connectivity index (χ2v) is 10.1. The number of nitrogens with one attached hydrogen (secondary N) is 2. The maximum atomic E-state index is 13.7. The molecule has 2 amide bonds. The number of nitrogens with two attached hydrogens (primary N) is 1. The fourth-order valence-corrected chi connectivity index (χ4v) is 4.96. The Morgan fingerprint density at radius 1 is 1.31 bits per heavy atom. The molecule has 0 unspecified atom stereocenters. The van der Waals surface area contributed by atoms with E-state index in [1.807, 2.05) is 0 Å². The number of imidazole rings is 1. The first-order valence-electron chi connectivity index (χ1n) is 12.7. The summed E-state index contributed by atoms with van der Waals surface area (Å²) in [6.45, 7) is 2.21. The van der Waals surface area contributed by atoms with E-state index in [1.54, 1.807) is 24.0 Å². The molecule has 0 spiro atoms. The smallest absolute Gasteiger partial charge is 0.340 e. The predicted molar refractivity (Wildman–Crippen MR) is 146 cm³/mol. The van der Waals surface area contributed by atoms with E-state index in [1.165, 1.54) is 35.1 Å². The Morgan fingerprint density at radius 2 is 2.10 bits per heavy atom. The number of nitriles is 1. The zero-order valence-corrected chi connectivity index (χ0v) is 22.8. The number of nitrogens with zero attached hydrogens (tertiary/aromatic N) is 7. The van der Waals surface area contributed by atoms with Crippen LogP contribution in [0.15, 0.2) is 43.0 Å². The summed E-state index contributed by atoms with van der Waals surface area (Å²) in [4.78, 5) is 35.6. The highest BCUT2D eigenvalue weighted by atomic mass is 35.5. The van der Waals surface area contributed by atoms with E-state index in [0.717, 1.165) is 10.9 Å². The Kier molecular flexibility index (Phi) is 7.76. The van der Waals surface area contributed by atoms with E-state index in [9.17, 15) is 22.8 Å². The van der Waals surface area contributed by atoms with Gasteiger partial charge in [-0.05, 0) is 31.5 Å². The molecule has 1 aliphatic heterocycles. The molecule has 2 atom stereocenters. The highest BCUT2D eigenvalue weighted by Crippen LogP contribution is 2.37. The molecule has 0 bridgehead atoms. The van der Waals surface area contributed by atoms with Crippen molar-refractivity contribution in [2.45, 2.75) is 38.1 Å². The lowest BCUT2D eigenvalue weighted by Crippen LogP contribution is -2.46. The summed E-state index contributed by atoms with van der Waals surface area (Å²) < 4.78 is 43.4. The lowest BCUT2D eigenvalue weighted by Gasteiger charge is -2.21. The average molecular weight is 601 g/mol. The summed E-state index contributed by atoms with van der Waals surface area (Å²) in [7, 11) is 0. The third-order valence-corrected chi connectivity index (χ3v) is 7.01. The van der Waals surface area contributed by atoms with Gasteiger partial charge in [-0.1, -0.05) is 11.6 Å². The summed E-state index contributed by atoms with van der Waals surface area (Å²) in [5, 5.41) is 18.2. The van der Waals surface area contributed by atoms with Gasteiger partial charge in [-0.2, -0.15) is 23.5 Å². The Morgan fingerprint density at radius 3 is 2.76 bits per heavy atom. The summed E-state index contributed by atoms with van der Waals surface area (Å²) in [6, 6.07) is 5.43. The zero-order chi connectivity index (χ0) is 30.2. The molecule has 5 rings (SSSR count). The summed E-state index contributed by atoms with van der Waals surface area (Å²) in [5.74, 6) is -0.562. The minimum absolute atomic E-state index is 0.0777. The van der Waals surface area contributed by atoms with Crippen molar-refractivity contribution in [2.24, 2.45) is 5.73 Å². The van der Waals surface area contributed by atoms with Crippen LogP contribution in [0.2, 0.25) is 5.02 Å². The fraction of sp³-hybridized carbons (Fsp3) is 0.308. The van der Waals surface area contributed by atoms with Crippen LogP contribution in [0.5, 0.6) is 0 Å². The number of alkyl halides is 3. The molecule has 0 saturated carbocycles. The molecule has 4 aromatic rings. The van der Waals surface area contributed by atoms with E-state index in [2.05, 4.69) is 25.7 Å². The molecule has 0 radical (unpaired) electrons. The SMILES string of the molecule is C[C@@H](NC(=O)c1ccc(Nc2nccn3c(-c4cn(CC#N)nc4C(F)(F)F)cnc23)cc1Cl)C(=O)N1CC[C@@H](N)C1. The van der Waals surface area contributed by atoms with Crippen molar-refractivity contribution in [3.8, 4) is 17.3 Å². The first-order chi connectivity index (χ1) is 20.0. The molecular weight excluding hydrogens is 577 g/mol. The van der Waals surface area contributed by atoms with Gasteiger partial charge < -0.3 is 21.3 Å². The van der Waals surface area contributed by atoms with Crippen molar-refractivity contribution < 1.29 is 22.8 Å². The lowest BCUT2D eigenvalue weighted by molar-refractivity contribution is -0.141. The van der Waals surface area contributed by atoms with Crippen LogP contribution in [0.1, 0.15) is 29.4 Å². The largest absolute Gasteiger partial charge is 0.435 e. The van der Waals surface area contributed by atoms with Crippen molar-refractivity contribution in [3.05, 3.63) is 59.3 Å². The van der Waals surface area contributed by atoms with Crippen LogP contribution in [-0.2, 0) is 17.5 Å². The molecule has 1 fully saturated rings. The standard InChI is InChI=1S/C26H24ClF3N10O2/c1-14(25(42)38-7-4-15(32)12-38)35-24(41)17-3-2-16(10-19(17)27)36-22-23-34-11-20(40(23)9-6-33-22)18-13-39(8-5-31)37-21(18)26(28,29)30/h2-3,6,9-11,13-15H,4,7-8,12,32H2,1H3,(H,33,36)(H,35,41)/t14-,15-/m1/s1. The van der Waals surface area contributed by atoms with Crippen LogP contribution in [0.4, 0.5) is 24.7 Å². The quantitative estimate of drug-likeness (QED) is 0.292. The Bertz CT molecular complexity index is 1710. The number of amides is 2. The summed E-state index contributed by atoms with van der Waals surface area (Å²) in [5.41, 5.74) is 5.34. The Balaban J connectivity index is 1.36. The van der Waals surface area contributed by atoms with E-state index in [-0.39, 0.29) is 51.8 Å². The minimum Gasteiger partial charge on any atom is -0.340 e. The second kappa shape index (κ2) is 11.3. The van der Waals surface area contributed by atoms with Crippen LogP contribution in [0, 0.1) is 11.3 Å². The number of carbonyl (C=O) groups excluding carboxylic acids is 2. The topological polar surface area (TPSA) is 159 Å². The maximum Gasteiger partial charge on any atom is 0.435 e. The molecule has 218 valence electrons. The number of aromatic nitrogens is 5. The summed E-state index contributed by atoms with van der Waals surface area (Å²) >= 11 is 6.40. The average Bonchev–Trinajstić information content (AvgIpc) is 3.66. The van der Waals surface area contributed by atoms with Crippen LogP contribution in [0.3, 0.4) is 0 Å². The van der Waals surface area contributed by atoms with Gasteiger partial charge in [0.1, 0.15) is 12.6 Å². The number of anilines is 2. The van der Waals surface area contributed by atoms with Gasteiger partial charge in [0, 0.05) is 43.4 Å². The fourth-order valence-electron chi connectivity index (χ4n) is 4.69. The van der Waals surface area contributed by atoms with Gasteiger partial charge in [-0.15, -0.1) is 0 Å². The molecule has 3 aromatic heterocycles. The van der Waals surface area contributed by atoms with Gasteiger partial charge >= 0.3 is 6.18 Å². The number of rotatable bonds is 7. The molecule has 16 heteroatoms. The monoisotopic (exact) mass is 600 g/mol. The highest BCUT2D eigenvalue weighted by molar-refractivity contribution is 6.34. The normalized spacial score (nSPS) is 15.9. The second-order valence-electron chi connectivity index (χ2n) is 9.71. The number of hydrogen-bond acceptors (Lipinski definition) is 8. The first kappa shape index (κ1) is 28.8.